The van der Waals surface area contributed by atoms with Gasteiger partial charge < -0.3 is 9.67 Å². The molecule has 0 saturated heterocycles. The predicted molar refractivity (Wildman–Crippen MR) is 111 cm³/mol. The standard InChI is InChI=1S/C23H25N3O5/c1-14(27)26(24-20(29)11-15-5-3-2-4-6-15)18-8-7-16-9-10-25-13-17(23(30)31)12-19(28)21(18)22(16)25/h2-6,9-10,17-18,21H,7-8,11-13H2,1H3,(H,24,29)(H,30,31)/t17-,18-,21?/m0/s1. The van der Waals surface area contributed by atoms with Gasteiger partial charge in [-0.1, -0.05) is 30.3 Å². The average molecular weight is 423 g/mol. The number of hydrazine groups is 1. The van der Waals surface area contributed by atoms with E-state index in [4.69, 9.17) is 0 Å². The number of ketones is 1. The molecule has 31 heavy (non-hydrogen) atoms. The first kappa shape index (κ1) is 20.8. The lowest BCUT2D eigenvalue weighted by Crippen LogP contribution is -2.55. The third kappa shape index (κ3) is 4.10. The highest BCUT2D eigenvalue weighted by Crippen LogP contribution is 2.39. The second-order valence-electron chi connectivity index (χ2n) is 8.25. The molecule has 0 bridgehead atoms. The summed E-state index contributed by atoms with van der Waals surface area (Å²) in [7, 11) is 0. The normalized spacial score (nSPS) is 22.2. The number of nitrogens with zero attached hydrogens (tertiary/aromatic N) is 2. The van der Waals surface area contributed by atoms with E-state index in [1.807, 2.05) is 47.2 Å². The van der Waals surface area contributed by atoms with Gasteiger partial charge in [0.1, 0.15) is 5.78 Å². The van der Waals surface area contributed by atoms with E-state index in [-0.39, 0.29) is 37.0 Å². The maximum atomic E-state index is 13.2. The monoisotopic (exact) mass is 423 g/mol. The average Bonchev–Trinajstić information content (AvgIpc) is 3.06. The molecule has 2 N–H and O–H groups in total. The Labute approximate surface area is 179 Å². The summed E-state index contributed by atoms with van der Waals surface area (Å²) in [5.41, 5.74) is 5.30. The summed E-state index contributed by atoms with van der Waals surface area (Å²) in [4.78, 5) is 50.0. The first-order valence-corrected chi connectivity index (χ1v) is 10.4. The molecule has 0 fully saturated rings. The molecule has 4 rings (SSSR count). The molecule has 0 radical (unpaired) electrons. The topological polar surface area (TPSA) is 109 Å². The molecule has 1 aromatic carbocycles. The fourth-order valence-electron chi connectivity index (χ4n) is 4.76. The second-order valence-corrected chi connectivity index (χ2v) is 8.25. The quantitative estimate of drug-likeness (QED) is 0.728. The first-order valence-electron chi connectivity index (χ1n) is 10.4. The molecule has 1 aliphatic heterocycles. The van der Waals surface area contributed by atoms with Crippen LogP contribution in [-0.2, 0) is 38.6 Å². The number of aliphatic carboxylic acids is 1. The van der Waals surface area contributed by atoms with Crippen LogP contribution in [0, 0.1) is 5.92 Å². The van der Waals surface area contributed by atoms with Gasteiger partial charge in [0.25, 0.3) is 0 Å². The number of carbonyl (C=O) groups excluding carboxylic acids is 3. The van der Waals surface area contributed by atoms with E-state index >= 15 is 0 Å². The molecule has 2 aliphatic rings. The number of aryl methyl sites for hydroxylation is 1. The molecular weight excluding hydrogens is 398 g/mol. The van der Waals surface area contributed by atoms with Crippen molar-refractivity contribution in [3.63, 3.8) is 0 Å². The fourth-order valence-corrected chi connectivity index (χ4v) is 4.76. The van der Waals surface area contributed by atoms with Gasteiger partial charge in [0.15, 0.2) is 0 Å². The molecular formula is C23H25N3O5. The molecule has 1 aliphatic carbocycles. The summed E-state index contributed by atoms with van der Waals surface area (Å²) in [6.07, 6.45) is 2.99. The molecule has 8 nitrogen and oxygen atoms in total. The predicted octanol–water partition coefficient (Wildman–Crippen LogP) is 1.68. The first-order chi connectivity index (χ1) is 14.8. The van der Waals surface area contributed by atoms with E-state index in [1.165, 1.54) is 11.9 Å². The summed E-state index contributed by atoms with van der Waals surface area (Å²) in [6, 6.07) is 10.6. The molecule has 0 saturated carbocycles. The summed E-state index contributed by atoms with van der Waals surface area (Å²) in [6.45, 7) is 1.58. The largest absolute Gasteiger partial charge is 0.481 e. The molecule has 8 heteroatoms. The number of Topliss-reactive ketones (excluding diaryl/α,β-unsaturated/α-hetero) is 1. The van der Waals surface area contributed by atoms with E-state index in [0.29, 0.717) is 12.8 Å². The van der Waals surface area contributed by atoms with Gasteiger partial charge in [0.05, 0.1) is 24.3 Å². The van der Waals surface area contributed by atoms with Crippen LogP contribution in [0.15, 0.2) is 42.6 Å². The minimum atomic E-state index is -1.01. The number of carboxylic acid groups (broad SMARTS) is 1. The van der Waals surface area contributed by atoms with Crippen LogP contribution in [-0.4, -0.2) is 44.3 Å². The van der Waals surface area contributed by atoms with Gasteiger partial charge in [-0.3, -0.25) is 29.6 Å². The van der Waals surface area contributed by atoms with Crippen LogP contribution in [0.4, 0.5) is 0 Å². The van der Waals surface area contributed by atoms with Crippen molar-refractivity contribution >= 4 is 23.6 Å². The van der Waals surface area contributed by atoms with Crippen LogP contribution in [0.25, 0.3) is 0 Å². The number of benzene rings is 1. The number of aromatic nitrogens is 1. The summed E-state index contributed by atoms with van der Waals surface area (Å²) in [5, 5.41) is 10.8. The summed E-state index contributed by atoms with van der Waals surface area (Å²) < 4.78 is 1.83. The lowest BCUT2D eigenvalue weighted by Gasteiger charge is -2.38. The lowest BCUT2D eigenvalue weighted by atomic mass is 9.79. The Morgan fingerprint density at radius 2 is 1.94 bits per heavy atom. The number of amides is 2. The number of nitrogens with one attached hydrogen (secondary N) is 1. The van der Waals surface area contributed by atoms with Crippen LogP contribution < -0.4 is 5.43 Å². The van der Waals surface area contributed by atoms with Crippen molar-refractivity contribution in [3.8, 4) is 0 Å². The van der Waals surface area contributed by atoms with Crippen molar-refractivity contribution in [2.24, 2.45) is 5.92 Å². The highest BCUT2D eigenvalue weighted by atomic mass is 16.4. The van der Waals surface area contributed by atoms with Crippen LogP contribution in [0.2, 0.25) is 0 Å². The van der Waals surface area contributed by atoms with Crippen LogP contribution in [0.1, 0.15) is 42.5 Å². The van der Waals surface area contributed by atoms with Crippen molar-refractivity contribution < 1.29 is 24.3 Å². The zero-order valence-corrected chi connectivity index (χ0v) is 17.3. The number of hydrogen-bond acceptors (Lipinski definition) is 4. The zero-order chi connectivity index (χ0) is 22.1. The Kier molecular flexibility index (Phi) is 5.63. The fraction of sp³-hybridized carbons (Fsp3) is 0.391. The van der Waals surface area contributed by atoms with Crippen LogP contribution >= 0.6 is 0 Å². The maximum Gasteiger partial charge on any atom is 0.308 e. The lowest BCUT2D eigenvalue weighted by molar-refractivity contribution is -0.146. The minimum absolute atomic E-state index is 0.0959. The third-order valence-corrected chi connectivity index (χ3v) is 6.17. The second kappa shape index (κ2) is 8.37. The van der Waals surface area contributed by atoms with Crippen molar-refractivity contribution in [1.82, 2.24) is 15.0 Å². The number of carboxylic acids is 1. The molecule has 2 amide bonds. The summed E-state index contributed by atoms with van der Waals surface area (Å²) in [5.74, 6) is -3.39. The molecule has 3 atom stereocenters. The number of carbonyl (C=O) groups is 4. The highest BCUT2D eigenvalue weighted by molar-refractivity contribution is 5.91. The SMILES string of the molecule is CC(=O)N(NC(=O)Cc1ccccc1)[C@H]1CCc2ccn3c2C1C(=O)C[C@H](C(=O)O)C3. The third-order valence-electron chi connectivity index (χ3n) is 6.17. The Morgan fingerprint density at radius 1 is 1.19 bits per heavy atom. The van der Waals surface area contributed by atoms with Gasteiger partial charge in [-0.25, -0.2) is 0 Å². The Hall–Kier alpha value is -3.42. The Bertz CT molecular complexity index is 1030. The number of hydrogen-bond donors (Lipinski definition) is 2. The van der Waals surface area contributed by atoms with E-state index in [1.54, 1.807) is 0 Å². The van der Waals surface area contributed by atoms with Crippen LogP contribution in [0.3, 0.4) is 0 Å². The van der Waals surface area contributed by atoms with Gasteiger partial charge in [0.2, 0.25) is 11.8 Å². The van der Waals surface area contributed by atoms with Crippen molar-refractivity contribution in [1.29, 1.82) is 0 Å². The van der Waals surface area contributed by atoms with E-state index in [0.717, 1.165) is 16.8 Å². The summed E-state index contributed by atoms with van der Waals surface area (Å²) >= 11 is 0. The Balaban J connectivity index is 1.62. The molecule has 162 valence electrons. The molecule has 1 unspecified atom stereocenters. The van der Waals surface area contributed by atoms with E-state index in [2.05, 4.69) is 5.43 Å². The molecule has 1 aromatic heterocycles. The van der Waals surface area contributed by atoms with Gasteiger partial charge in [-0.2, -0.15) is 0 Å². The maximum absolute atomic E-state index is 13.2. The van der Waals surface area contributed by atoms with Gasteiger partial charge in [0, 0.05) is 31.8 Å². The highest BCUT2D eigenvalue weighted by Gasteiger charge is 2.44. The van der Waals surface area contributed by atoms with E-state index in [9.17, 15) is 24.3 Å². The Morgan fingerprint density at radius 3 is 2.61 bits per heavy atom. The van der Waals surface area contributed by atoms with Crippen molar-refractivity contribution in [3.05, 3.63) is 59.4 Å². The zero-order valence-electron chi connectivity index (χ0n) is 17.3. The van der Waals surface area contributed by atoms with Crippen molar-refractivity contribution in [2.75, 3.05) is 0 Å². The van der Waals surface area contributed by atoms with Crippen molar-refractivity contribution in [2.45, 2.75) is 51.1 Å². The van der Waals surface area contributed by atoms with E-state index < -0.39 is 23.8 Å². The van der Waals surface area contributed by atoms with Gasteiger partial charge in [-0.15, -0.1) is 0 Å². The number of rotatable bonds is 4. The van der Waals surface area contributed by atoms with Gasteiger partial charge in [-0.05, 0) is 30.0 Å². The molecule has 0 spiro atoms. The molecule has 2 aromatic rings. The van der Waals surface area contributed by atoms with Gasteiger partial charge >= 0.3 is 5.97 Å². The molecule has 2 heterocycles. The smallest absolute Gasteiger partial charge is 0.308 e. The van der Waals surface area contributed by atoms with Crippen LogP contribution in [0.5, 0.6) is 0 Å². The minimum Gasteiger partial charge on any atom is -0.481 e.